The van der Waals surface area contributed by atoms with Gasteiger partial charge in [-0.15, -0.1) is 15.3 Å². The van der Waals surface area contributed by atoms with Gasteiger partial charge in [-0.25, -0.2) is 4.68 Å². The van der Waals surface area contributed by atoms with Gasteiger partial charge < -0.3 is 10.2 Å². The van der Waals surface area contributed by atoms with Crippen LogP contribution in [0.25, 0.3) is 0 Å². The molecule has 0 amide bonds. The Morgan fingerprint density at radius 2 is 2.00 bits per heavy atom. The Kier molecular flexibility index (Phi) is 4.97. The van der Waals surface area contributed by atoms with E-state index in [0.717, 1.165) is 36.3 Å². The SMILES string of the molecule is CC1CCN(c2ccc(NCc3cn(C(C)C)nn3)nn2)CC1C. The fourth-order valence-corrected chi connectivity index (χ4v) is 2.89. The monoisotopic (exact) mass is 329 g/mol. The highest BCUT2D eigenvalue weighted by atomic mass is 15.4. The van der Waals surface area contributed by atoms with Crippen molar-refractivity contribution in [1.29, 1.82) is 0 Å². The fourth-order valence-electron chi connectivity index (χ4n) is 2.89. The molecular weight excluding hydrogens is 302 g/mol. The number of hydrogen-bond donors (Lipinski definition) is 1. The van der Waals surface area contributed by atoms with E-state index in [-0.39, 0.29) is 0 Å². The van der Waals surface area contributed by atoms with Crippen LogP contribution in [0, 0.1) is 11.8 Å². The lowest BCUT2D eigenvalue weighted by Crippen LogP contribution is -2.38. The van der Waals surface area contributed by atoms with Gasteiger partial charge in [-0.1, -0.05) is 19.1 Å². The molecule has 0 aliphatic carbocycles. The van der Waals surface area contributed by atoms with E-state index in [4.69, 9.17) is 0 Å². The first kappa shape index (κ1) is 16.7. The first-order chi connectivity index (χ1) is 11.5. The number of aromatic nitrogens is 5. The van der Waals surface area contributed by atoms with E-state index >= 15 is 0 Å². The third kappa shape index (κ3) is 3.83. The first-order valence-electron chi connectivity index (χ1n) is 8.76. The quantitative estimate of drug-likeness (QED) is 0.909. The Labute approximate surface area is 143 Å². The number of nitrogens with zero attached hydrogens (tertiary/aromatic N) is 6. The summed E-state index contributed by atoms with van der Waals surface area (Å²) in [5.74, 6) is 3.21. The van der Waals surface area contributed by atoms with Crippen LogP contribution in [0.2, 0.25) is 0 Å². The average Bonchev–Trinajstić information content (AvgIpc) is 3.05. The van der Waals surface area contributed by atoms with E-state index in [9.17, 15) is 0 Å². The van der Waals surface area contributed by atoms with Crippen molar-refractivity contribution < 1.29 is 0 Å². The lowest BCUT2D eigenvalue weighted by molar-refractivity contribution is 0.322. The first-order valence-corrected chi connectivity index (χ1v) is 8.76. The maximum Gasteiger partial charge on any atom is 0.151 e. The third-order valence-electron chi connectivity index (χ3n) is 4.85. The predicted octanol–water partition coefficient (Wildman–Crippen LogP) is 2.74. The topological polar surface area (TPSA) is 71.8 Å². The molecule has 130 valence electrons. The molecule has 2 atom stereocenters. The summed E-state index contributed by atoms with van der Waals surface area (Å²) in [6.07, 6.45) is 3.17. The van der Waals surface area contributed by atoms with Gasteiger partial charge in [0.2, 0.25) is 0 Å². The molecule has 1 aliphatic heterocycles. The predicted molar refractivity (Wildman–Crippen MR) is 94.9 cm³/mol. The summed E-state index contributed by atoms with van der Waals surface area (Å²) in [6.45, 7) is 11.5. The molecule has 7 heteroatoms. The number of anilines is 2. The van der Waals surface area contributed by atoms with E-state index in [2.05, 4.69) is 58.4 Å². The molecule has 2 aromatic heterocycles. The van der Waals surface area contributed by atoms with Crippen LogP contribution in [0.5, 0.6) is 0 Å². The van der Waals surface area contributed by atoms with E-state index in [1.165, 1.54) is 6.42 Å². The summed E-state index contributed by atoms with van der Waals surface area (Å²) < 4.78 is 1.85. The molecule has 0 radical (unpaired) electrons. The van der Waals surface area contributed by atoms with Crippen LogP contribution in [0.1, 0.15) is 45.9 Å². The highest BCUT2D eigenvalue weighted by molar-refractivity contribution is 5.44. The van der Waals surface area contributed by atoms with Gasteiger partial charge in [0.25, 0.3) is 0 Å². The average molecular weight is 329 g/mol. The molecule has 0 aromatic carbocycles. The highest BCUT2D eigenvalue weighted by Crippen LogP contribution is 2.25. The molecule has 3 rings (SSSR count). The van der Waals surface area contributed by atoms with Gasteiger partial charge in [0.1, 0.15) is 11.5 Å². The van der Waals surface area contributed by atoms with Crippen LogP contribution in [0.3, 0.4) is 0 Å². The van der Waals surface area contributed by atoms with Crippen LogP contribution in [0.15, 0.2) is 18.3 Å². The molecular formula is C17H27N7. The summed E-state index contributed by atoms with van der Waals surface area (Å²) in [7, 11) is 0. The fraction of sp³-hybridized carbons (Fsp3) is 0.647. The smallest absolute Gasteiger partial charge is 0.151 e. The molecule has 0 saturated carbocycles. The second-order valence-corrected chi connectivity index (χ2v) is 7.10. The van der Waals surface area contributed by atoms with Crippen LogP contribution in [0.4, 0.5) is 11.6 Å². The maximum absolute atomic E-state index is 4.38. The summed E-state index contributed by atoms with van der Waals surface area (Å²) in [5, 5.41) is 20.2. The van der Waals surface area contributed by atoms with Gasteiger partial charge in [-0.05, 0) is 44.2 Å². The number of piperidine rings is 1. The summed E-state index contributed by atoms with van der Waals surface area (Å²) >= 11 is 0. The zero-order valence-corrected chi connectivity index (χ0v) is 15.0. The molecule has 24 heavy (non-hydrogen) atoms. The highest BCUT2D eigenvalue weighted by Gasteiger charge is 2.23. The molecule has 1 saturated heterocycles. The molecule has 0 spiro atoms. The second kappa shape index (κ2) is 7.15. The van der Waals surface area contributed by atoms with Crippen molar-refractivity contribution in [3.05, 3.63) is 24.0 Å². The van der Waals surface area contributed by atoms with Crippen molar-refractivity contribution >= 4 is 11.6 Å². The summed E-state index contributed by atoms with van der Waals surface area (Å²) in [4.78, 5) is 2.33. The van der Waals surface area contributed by atoms with E-state index in [0.29, 0.717) is 18.5 Å². The van der Waals surface area contributed by atoms with Crippen LogP contribution in [-0.2, 0) is 6.54 Å². The molecule has 1 aliphatic rings. The van der Waals surface area contributed by atoms with Gasteiger partial charge in [-0.3, -0.25) is 0 Å². The van der Waals surface area contributed by atoms with Gasteiger partial charge in [0.05, 0.1) is 12.7 Å². The molecule has 7 nitrogen and oxygen atoms in total. The van der Waals surface area contributed by atoms with Crippen molar-refractivity contribution in [3.63, 3.8) is 0 Å². The Morgan fingerprint density at radius 3 is 2.62 bits per heavy atom. The van der Waals surface area contributed by atoms with Crippen molar-refractivity contribution in [3.8, 4) is 0 Å². The molecule has 0 bridgehead atoms. The second-order valence-electron chi connectivity index (χ2n) is 7.10. The van der Waals surface area contributed by atoms with E-state index < -0.39 is 0 Å². The molecule has 2 aromatic rings. The van der Waals surface area contributed by atoms with Crippen molar-refractivity contribution in [1.82, 2.24) is 25.2 Å². The van der Waals surface area contributed by atoms with Crippen LogP contribution < -0.4 is 10.2 Å². The van der Waals surface area contributed by atoms with E-state index in [1.54, 1.807) is 0 Å². The minimum atomic E-state index is 0.319. The normalized spacial score (nSPS) is 21.3. The van der Waals surface area contributed by atoms with Crippen molar-refractivity contribution in [2.24, 2.45) is 11.8 Å². The van der Waals surface area contributed by atoms with Gasteiger partial charge in [-0.2, -0.15) is 0 Å². The summed E-state index contributed by atoms with van der Waals surface area (Å²) in [6, 6.07) is 4.35. The molecule has 2 unspecified atom stereocenters. The van der Waals surface area contributed by atoms with E-state index in [1.807, 2.05) is 23.0 Å². The van der Waals surface area contributed by atoms with Gasteiger partial charge in [0.15, 0.2) is 5.82 Å². The third-order valence-corrected chi connectivity index (χ3v) is 4.85. The van der Waals surface area contributed by atoms with Gasteiger partial charge in [0, 0.05) is 19.1 Å². The van der Waals surface area contributed by atoms with Crippen molar-refractivity contribution in [2.75, 3.05) is 23.3 Å². The minimum absolute atomic E-state index is 0.319. The Balaban J connectivity index is 1.56. The Hall–Kier alpha value is -2.18. The lowest BCUT2D eigenvalue weighted by Gasteiger charge is -2.35. The summed E-state index contributed by atoms with van der Waals surface area (Å²) in [5.41, 5.74) is 0.897. The Morgan fingerprint density at radius 1 is 1.17 bits per heavy atom. The zero-order valence-electron chi connectivity index (χ0n) is 15.0. The lowest BCUT2D eigenvalue weighted by atomic mass is 9.89. The standard InChI is InChI=1S/C17H27N7/c1-12(2)24-11-15(19-22-24)9-18-16-5-6-17(21-20-16)23-8-7-13(3)14(4)10-23/h5-6,11-14H,7-10H2,1-4H3,(H,18,20). The molecule has 1 N–H and O–H groups in total. The van der Waals surface area contributed by atoms with Gasteiger partial charge >= 0.3 is 0 Å². The Bertz CT molecular complexity index is 649. The molecule has 1 fully saturated rings. The maximum atomic E-state index is 4.38. The largest absolute Gasteiger partial charge is 0.363 e. The number of rotatable bonds is 5. The zero-order chi connectivity index (χ0) is 17.1. The number of nitrogens with one attached hydrogen (secondary N) is 1. The minimum Gasteiger partial charge on any atom is -0.363 e. The molecule has 3 heterocycles. The number of hydrogen-bond acceptors (Lipinski definition) is 6. The van der Waals surface area contributed by atoms with Crippen LogP contribution >= 0.6 is 0 Å². The van der Waals surface area contributed by atoms with Crippen molar-refractivity contribution in [2.45, 2.75) is 46.7 Å². The van der Waals surface area contributed by atoms with Crippen LogP contribution in [-0.4, -0.2) is 38.3 Å².